The molecule has 2 nitrogen and oxygen atoms in total. The molecule has 0 aliphatic heterocycles. The van der Waals surface area contributed by atoms with Crippen LogP contribution in [0.4, 0.5) is 0 Å². The normalized spacial score (nSPS) is 10.2. The summed E-state index contributed by atoms with van der Waals surface area (Å²) in [6, 6.07) is 14.5. The monoisotopic (exact) mass is 169 g/mol. The molecule has 0 aromatic heterocycles. The summed E-state index contributed by atoms with van der Waals surface area (Å²) in [5, 5.41) is 9.36. The predicted molar refractivity (Wildman–Crippen MR) is 53.8 cm³/mol. The van der Waals surface area contributed by atoms with Crippen molar-refractivity contribution >= 4 is 16.6 Å². The minimum Gasteiger partial charge on any atom is -0.384 e. The van der Waals surface area contributed by atoms with E-state index in [0.29, 0.717) is 0 Å². The van der Waals surface area contributed by atoms with Gasteiger partial charge >= 0.3 is 0 Å². The molecule has 0 atom stereocenters. The number of hydrogen-bond acceptors (Lipinski definition) is 1. The van der Waals surface area contributed by atoms with Crippen LogP contribution in [0.1, 0.15) is 5.56 Å². The lowest BCUT2D eigenvalue weighted by molar-refractivity contribution is 1.44. The third-order valence-electron chi connectivity index (χ3n) is 2.00. The molecular weight excluding hydrogens is 160 g/mol. The van der Waals surface area contributed by atoms with Gasteiger partial charge in [-0.05, 0) is 16.8 Å². The molecule has 3 N–H and O–H groups in total. The van der Waals surface area contributed by atoms with Gasteiger partial charge in [-0.15, -0.1) is 0 Å². The molecule has 0 amide bonds. The van der Waals surface area contributed by atoms with Gasteiger partial charge in [0, 0.05) is 5.56 Å². The van der Waals surface area contributed by atoms with E-state index in [1.807, 2.05) is 30.3 Å². The Morgan fingerprint density at radius 1 is 1.23 bits per heavy atom. The van der Waals surface area contributed by atoms with Crippen molar-refractivity contribution in [2.75, 3.05) is 0 Å². The van der Waals surface area contributed by atoms with E-state index >= 15 is 0 Å². The molecule has 0 aliphatic carbocycles. The van der Waals surface area contributed by atoms with E-state index in [4.69, 9.17) is 11.1 Å². The second-order valence-electron chi connectivity index (χ2n) is 2.85. The molecule has 63 valence electrons. The zero-order valence-electron chi connectivity index (χ0n) is 7.04. The van der Waals surface area contributed by atoms with Gasteiger partial charge in [0.05, 0.1) is 0 Å². The van der Waals surface area contributed by atoms with Gasteiger partial charge in [-0.25, -0.2) is 0 Å². The summed E-state index contributed by atoms with van der Waals surface area (Å²) < 4.78 is 0. The lowest BCUT2D eigenvalue weighted by atomic mass is 10.0. The van der Waals surface area contributed by atoms with Crippen LogP contribution in [-0.4, -0.2) is 5.84 Å². The molecular formula is C11H9N2. The van der Waals surface area contributed by atoms with Gasteiger partial charge in [0.25, 0.3) is 0 Å². The number of nitrogens with one attached hydrogen (secondary N) is 1. The van der Waals surface area contributed by atoms with Crippen molar-refractivity contribution in [2.24, 2.45) is 5.73 Å². The van der Waals surface area contributed by atoms with Crippen molar-refractivity contribution in [1.82, 2.24) is 0 Å². The summed E-state index contributed by atoms with van der Waals surface area (Å²) in [5.74, 6) is 0.102. The first-order valence-corrected chi connectivity index (χ1v) is 4.03. The Bertz CT molecular complexity index is 455. The van der Waals surface area contributed by atoms with Crippen LogP contribution in [0.15, 0.2) is 36.4 Å². The van der Waals surface area contributed by atoms with E-state index in [1.54, 1.807) is 6.07 Å². The molecule has 0 spiro atoms. The van der Waals surface area contributed by atoms with Gasteiger partial charge in [-0.3, -0.25) is 5.41 Å². The summed E-state index contributed by atoms with van der Waals surface area (Å²) in [6.45, 7) is 0. The number of hydrogen-bond donors (Lipinski definition) is 2. The Balaban J connectivity index is 2.83. The van der Waals surface area contributed by atoms with Crippen molar-refractivity contribution in [3.05, 3.63) is 48.0 Å². The zero-order valence-corrected chi connectivity index (χ0v) is 7.04. The average molecular weight is 169 g/mol. The number of amidine groups is 1. The highest BCUT2D eigenvalue weighted by Crippen LogP contribution is 2.16. The average Bonchev–Trinajstić information content (AvgIpc) is 2.17. The molecule has 2 aromatic carbocycles. The van der Waals surface area contributed by atoms with E-state index in [0.717, 1.165) is 16.3 Å². The van der Waals surface area contributed by atoms with Crippen LogP contribution in [0.25, 0.3) is 10.8 Å². The second-order valence-corrected chi connectivity index (χ2v) is 2.85. The minimum atomic E-state index is 0.102. The Kier molecular flexibility index (Phi) is 1.74. The standard InChI is InChI=1S/C11H9N2/c12-11(13)10-7-3-5-8-4-1-2-6-9(8)10/h1-4,6-7H,(H3,12,13). The first-order valence-electron chi connectivity index (χ1n) is 4.03. The SMILES string of the molecule is N=C(N)c1cc[c]c2ccccc12. The predicted octanol–water partition coefficient (Wildman–Crippen LogP) is 1.92. The highest BCUT2D eigenvalue weighted by atomic mass is 14.7. The fourth-order valence-electron chi connectivity index (χ4n) is 1.38. The molecule has 0 bridgehead atoms. The molecule has 0 heterocycles. The highest BCUT2D eigenvalue weighted by molar-refractivity contribution is 6.07. The molecule has 0 aliphatic rings. The summed E-state index contributed by atoms with van der Waals surface area (Å²) >= 11 is 0. The lowest BCUT2D eigenvalue weighted by Gasteiger charge is -2.02. The first kappa shape index (κ1) is 7.80. The summed E-state index contributed by atoms with van der Waals surface area (Å²) in [7, 11) is 0. The number of nitrogens with two attached hydrogens (primary N) is 1. The number of benzene rings is 2. The van der Waals surface area contributed by atoms with Crippen molar-refractivity contribution < 1.29 is 0 Å². The van der Waals surface area contributed by atoms with Gasteiger partial charge in [-0.2, -0.15) is 0 Å². The molecule has 0 saturated carbocycles. The molecule has 1 radical (unpaired) electrons. The minimum absolute atomic E-state index is 0.102. The van der Waals surface area contributed by atoms with Crippen molar-refractivity contribution in [1.29, 1.82) is 5.41 Å². The van der Waals surface area contributed by atoms with Gasteiger partial charge in [0.2, 0.25) is 0 Å². The third kappa shape index (κ3) is 1.26. The largest absolute Gasteiger partial charge is 0.384 e. The first-order chi connectivity index (χ1) is 6.29. The van der Waals surface area contributed by atoms with E-state index < -0.39 is 0 Å². The van der Waals surface area contributed by atoms with Crippen LogP contribution in [0.5, 0.6) is 0 Å². The van der Waals surface area contributed by atoms with Crippen molar-refractivity contribution in [2.45, 2.75) is 0 Å². The summed E-state index contributed by atoms with van der Waals surface area (Å²) in [5.41, 5.74) is 6.22. The highest BCUT2D eigenvalue weighted by Gasteiger charge is 2.01. The van der Waals surface area contributed by atoms with Crippen LogP contribution in [0, 0.1) is 11.5 Å². The van der Waals surface area contributed by atoms with E-state index in [-0.39, 0.29) is 5.84 Å². The molecule has 13 heavy (non-hydrogen) atoms. The fraction of sp³-hybridized carbons (Fsp3) is 0. The maximum Gasteiger partial charge on any atom is 0.123 e. The summed E-state index contributed by atoms with van der Waals surface area (Å²) in [6.07, 6.45) is 0. The Morgan fingerprint density at radius 3 is 2.77 bits per heavy atom. The third-order valence-corrected chi connectivity index (χ3v) is 2.00. The maximum absolute atomic E-state index is 7.38. The van der Waals surface area contributed by atoms with Gasteiger partial charge in [-0.1, -0.05) is 36.4 Å². The lowest BCUT2D eigenvalue weighted by Crippen LogP contribution is -2.11. The van der Waals surface area contributed by atoms with Crippen LogP contribution >= 0.6 is 0 Å². The molecule has 0 fully saturated rings. The number of fused-ring (bicyclic) bond motifs is 1. The van der Waals surface area contributed by atoms with Crippen molar-refractivity contribution in [3.8, 4) is 0 Å². The van der Waals surface area contributed by atoms with Gasteiger partial charge < -0.3 is 5.73 Å². The van der Waals surface area contributed by atoms with E-state index in [9.17, 15) is 0 Å². The smallest absolute Gasteiger partial charge is 0.123 e. The number of rotatable bonds is 1. The van der Waals surface area contributed by atoms with E-state index in [1.165, 1.54) is 0 Å². The molecule has 0 saturated heterocycles. The molecule has 2 heteroatoms. The van der Waals surface area contributed by atoms with Crippen molar-refractivity contribution in [3.63, 3.8) is 0 Å². The molecule has 2 aromatic rings. The van der Waals surface area contributed by atoms with Gasteiger partial charge in [0.1, 0.15) is 5.84 Å². The van der Waals surface area contributed by atoms with Crippen LogP contribution in [0.2, 0.25) is 0 Å². The Labute approximate surface area is 76.5 Å². The van der Waals surface area contributed by atoms with Crippen LogP contribution in [0.3, 0.4) is 0 Å². The van der Waals surface area contributed by atoms with Crippen LogP contribution < -0.4 is 5.73 Å². The van der Waals surface area contributed by atoms with Crippen LogP contribution in [-0.2, 0) is 0 Å². The zero-order chi connectivity index (χ0) is 9.26. The fourth-order valence-corrected chi connectivity index (χ4v) is 1.38. The Morgan fingerprint density at radius 2 is 2.00 bits per heavy atom. The summed E-state index contributed by atoms with van der Waals surface area (Å²) in [4.78, 5) is 0. The number of nitrogen functional groups attached to an aromatic ring is 1. The topological polar surface area (TPSA) is 49.9 Å². The van der Waals surface area contributed by atoms with Gasteiger partial charge in [0.15, 0.2) is 0 Å². The molecule has 0 unspecified atom stereocenters. The molecule has 2 rings (SSSR count). The second kappa shape index (κ2) is 2.90. The van der Waals surface area contributed by atoms with E-state index in [2.05, 4.69) is 6.07 Å². The Hall–Kier alpha value is -1.83. The quantitative estimate of drug-likeness (QED) is 0.497. The maximum atomic E-state index is 7.38.